The Hall–Kier alpha value is -2.79. The highest BCUT2D eigenvalue weighted by molar-refractivity contribution is 6.33. The first kappa shape index (κ1) is 15.7. The molecule has 0 atom stereocenters. The van der Waals surface area contributed by atoms with Crippen LogP contribution in [-0.2, 0) is 6.54 Å². The Morgan fingerprint density at radius 3 is 2.80 bits per heavy atom. The van der Waals surface area contributed by atoms with E-state index in [1.54, 1.807) is 6.20 Å². The van der Waals surface area contributed by atoms with E-state index in [0.29, 0.717) is 6.54 Å². The van der Waals surface area contributed by atoms with Gasteiger partial charge in [-0.05, 0) is 29.4 Å². The monoisotopic (exact) mass is 346 g/mol. The van der Waals surface area contributed by atoms with Crippen LogP contribution in [0.15, 0.2) is 67.3 Å². The molecule has 0 saturated carbocycles. The van der Waals surface area contributed by atoms with Crippen LogP contribution in [0.3, 0.4) is 0 Å². The van der Waals surface area contributed by atoms with E-state index in [2.05, 4.69) is 31.9 Å². The van der Waals surface area contributed by atoms with Gasteiger partial charge in [-0.1, -0.05) is 35.9 Å². The van der Waals surface area contributed by atoms with Crippen LogP contribution in [0.5, 0.6) is 0 Å². The highest BCUT2D eigenvalue weighted by Gasteiger charge is 2.11. The first-order chi connectivity index (χ1) is 12.2. The Kier molecular flexibility index (Phi) is 4.16. The lowest BCUT2D eigenvalue weighted by Gasteiger charge is -2.12. The highest BCUT2D eigenvalue weighted by atomic mass is 35.5. The topological polar surface area (TPSA) is 42.2 Å². The van der Waals surface area contributed by atoms with E-state index in [9.17, 15) is 0 Å². The summed E-state index contributed by atoms with van der Waals surface area (Å²) in [5.74, 6) is 0. The number of fused-ring (bicyclic) bond motifs is 1. The van der Waals surface area contributed by atoms with E-state index in [-0.39, 0.29) is 0 Å². The van der Waals surface area contributed by atoms with Crippen LogP contribution >= 0.6 is 11.6 Å². The summed E-state index contributed by atoms with van der Waals surface area (Å²) >= 11 is 6.40. The molecule has 0 spiro atoms. The van der Waals surface area contributed by atoms with E-state index in [4.69, 9.17) is 11.6 Å². The van der Waals surface area contributed by atoms with Crippen LogP contribution < -0.4 is 10.9 Å². The van der Waals surface area contributed by atoms with Gasteiger partial charge < -0.3 is 9.72 Å². The second kappa shape index (κ2) is 6.61. The Morgan fingerprint density at radius 1 is 1.12 bits per heavy atom. The molecular weight excluding hydrogens is 331 g/mol. The van der Waals surface area contributed by atoms with Crippen molar-refractivity contribution in [2.24, 2.45) is 0 Å². The zero-order valence-corrected chi connectivity index (χ0v) is 14.5. The Bertz CT molecular complexity index is 1030. The number of pyridine rings is 2. The van der Waals surface area contributed by atoms with Gasteiger partial charge in [-0.15, -0.1) is 0 Å². The fraction of sp³-hybridized carbons (Fsp3) is 0.0526. The van der Waals surface area contributed by atoms with Crippen molar-refractivity contribution in [2.75, 3.05) is 5.32 Å². The second-order valence-electron chi connectivity index (χ2n) is 5.93. The van der Waals surface area contributed by atoms with Gasteiger partial charge in [0.15, 0.2) is 13.5 Å². The number of nitrogens with one attached hydrogen (secondary N) is 1. The standard InChI is InChI=1S/C19H16BClN4/c20-18-11-24-19-17(23-10-13-4-3-7-22-9-13)8-14(12-25(18)19)15-5-1-2-6-16(15)21/h1-9,11-12,23H,10,20H2. The van der Waals surface area contributed by atoms with E-state index in [1.807, 2.05) is 56.6 Å². The van der Waals surface area contributed by atoms with Crippen LogP contribution in [0.4, 0.5) is 5.69 Å². The summed E-state index contributed by atoms with van der Waals surface area (Å²) in [6, 6.07) is 14.0. The number of hydrogen-bond acceptors (Lipinski definition) is 3. The molecule has 0 amide bonds. The van der Waals surface area contributed by atoms with Gasteiger partial charge in [-0.2, -0.15) is 0 Å². The van der Waals surface area contributed by atoms with E-state index >= 15 is 0 Å². The minimum Gasteiger partial charge on any atom is -0.378 e. The Morgan fingerprint density at radius 2 is 2.00 bits per heavy atom. The predicted molar refractivity (Wildman–Crippen MR) is 105 cm³/mol. The molecule has 0 unspecified atom stereocenters. The molecule has 4 nitrogen and oxygen atoms in total. The summed E-state index contributed by atoms with van der Waals surface area (Å²) < 4.78 is 2.09. The van der Waals surface area contributed by atoms with Gasteiger partial charge in [0.05, 0.1) is 5.69 Å². The summed E-state index contributed by atoms with van der Waals surface area (Å²) in [4.78, 5) is 8.70. The van der Waals surface area contributed by atoms with Gasteiger partial charge in [0.2, 0.25) is 0 Å². The average molecular weight is 347 g/mol. The number of halogens is 1. The van der Waals surface area contributed by atoms with Crippen LogP contribution in [0.25, 0.3) is 16.8 Å². The molecule has 1 N–H and O–H groups in total. The summed E-state index contributed by atoms with van der Waals surface area (Å²) in [7, 11) is 2.04. The number of hydrogen-bond donors (Lipinski definition) is 1. The minimum absolute atomic E-state index is 0.682. The molecule has 25 heavy (non-hydrogen) atoms. The number of rotatable bonds is 4. The van der Waals surface area contributed by atoms with Crippen LogP contribution in [0.1, 0.15) is 5.56 Å². The van der Waals surface area contributed by atoms with Crippen LogP contribution in [0, 0.1) is 0 Å². The van der Waals surface area contributed by atoms with Crippen molar-refractivity contribution < 1.29 is 0 Å². The maximum Gasteiger partial charge on any atom is 0.163 e. The number of nitrogens with zero attached hydrogens (tertiary/aromatic N) is 3. The number of anilines is 1. The molecule has 0 fully saturated rings. The SMILES string of the molecule is Bc1cnc2c(NCc3cccnc3)cc(-c3ccccc3Cl)cn12. The smallest absolute Gasteiger partial charge is 0.163 e. The first-order valence-corrected chi connectivity index (χ1v) is 8.45. The molecule has 3 aromatic heterocycles. The van der Waals surface area contributed by atoms with Crippen molar-refractivity contribution >= 4 is 36.4 Å². The van der Waals surface area contributed by atoms with Crippen molar-refractivity contribution in [3.63, 3.8) is 0 Å². The molecule has 0 bridgehead atoms. The van der Waals surface area contributed by atoms with Gasteiger partial charge in [-0.25, -0.2) is 4.98 Å². The Balaban J connectivity index is 1.78. The molecule has 0 aliphatic rings. The lowest BCUT2D eigenvalue weighted by molar-refractivity contribution is 1.10. The maximum absolute atomic E-state index is 6.40. The zero-order chi connectivity index (χ0) is 17.2. The Labute approximate surface area is 151 Å². The van der Waals surface area contributed by atoms with E-state index in [0.717, 1.165) is 38.6 Å². The molecular formula is C19H16BClN4. The van der Waals surface area contributed by atoms with Gasteiger partial charge in [0.25, 0.3) is 0 Å². The van der Waals surface area contributed by atoms with Gasteiger partial charge in [0.1, 0.15) is 0 Å². The molecule has 0 radical (unpaired) electrons. The molecule has 1 aromatic carbocycles. The first-order valence-electron chi connectivity index (χ1n) is 8.08. The van der Waals surface area contributed by atoms with Crippen molar-refractivity contribution in [3.05, 3.63) is 77.8 Å². The number of benzene rings is 1. The predicted octanol–water partition coefficient (Wildman–Crippen LogP) is 2.92. The molecule has 4 aromatic rings. The average Bonchev–Trinajstić information content (AvgIpc) is 3.02. The van der Waals surface area contributed by atoms with Crippen LogP contribution in [0.2, 0.25) is 5.02 Å². The third-order valence-electron chi connectivity index (χ3n) is 4.18. The maximum atomic E-state index is 6.40. The summed E-state index contributed by atoms with van der Waals surface area (Å²) in [5, 5.41) is 4.21. The van der Waals surface area contributed by atoms with Crippen molar-refractivity contribution in [2.45, 2.75) is 6.54 Å². The highest BCUT2D eigenvalue weighted by Crippen LogP contribution is 2.30. The van der Waals surface area contributed by atoms with E-state index < -0.39 is 0 Å². The second-order valence-corrected chi connectivity index (χ2v) is 6.34. The minimum atomic E-state index is 0.682. The molecule has 122 valence electrons. The third kappa shape index (κ3) is 3.11. The molecule has 0 aliphatic carbocycles. The summed E-state index contributed by atoms with van der Waals surface area (Å²) in [5.41, 5.74) is 6.11. The van der Waals surface area contributed by atoms with Crippen molar-refractivity contribution in [1.82, 2.24) is 14.4 Å². The summed E-state index contributed by atoms with van der Waals surface area (Å²) in [6.45, 7) is 0.682. The number of aromatic nitrogens is 3. The van der Waals surface area contributed by atoms with Gasteiger partial charge >= 0.3 is 0 Å². The fourth-order valence-electron chi connectivity index (χ4n) is 2.88. The van der Waals surface area contributed by atoms with Crippen LogP contribution in [-0.4, -0.2) is 22.2 Å². The molecule has 0 saturated heterocycles. The molecule has 3 heterocycles. The van der Waals surface area contributed by atoms with Gasteiger partial charge in [0, 0.05) is 47.5 Å². The van der Waals surface area contributed by atoms with E-state index in [1.165, 1.54) is 0 Å². The normalized spacial score (nSPS) is 10.9. The van der Waals surface area contributed by atoms with Crippen molar-refractivity contribution in [1.29, 1.82) is 0 Å². The number of imidazole rings is 1. The van der Waals surface area contributed by atoms with Gasteiger partial charge in [-0.3, -0.25) is 4.98 Å². The molecule has 4 rings (SSSR count). The molecule has 0 aliphatic heterocycles. The summed E-state index contributed by atoms with van der Waals surface area (Å²) in [6.07, 6.45) is 7.59. The molecule has 6 heteroatoms. The fourth-order valence-corrected chi connectivity index (χ4v) is 3.12. The third-order valence-corrected chi connectivity index (χ3v) is 4.51. The quantitative estimate of drug-likeness (QED) is 0.578. The van der Waals surface area contributed by atoms with Crippen molar-refractivity contribution in [3.8, 4) is 11.1 Å². The lowest BCUT2D eigenvalue weighted by atomic mass is 10.0. The lowest BCUT2D eigenvalue weighted by Crippen LogP contribution is -2.10. The zero-order valence-electron chi connectivity index (χ0n) is 13.8. The largest absolute Gasteiger partial charge is 0.378 e.